The minimum absolute atomic E-state index is 0.242. The molecule has 0 amide bonds. The van der Waals surface area contributed by atoms with Crippen LogP contribution in [0.1, 0.15) is 29.9 Å². The summed E-state index contributed by atoms with van der Waals surface area (Å²) in [7, 11) is 0. The van der Waals surface area contributed by atoms with Crippen molar-refractivity contribution >= 4 is 11.8 Å². The highest BCUT2D eigenvalue weighted by atomic mass is 16.3. The Kier molecular flexibility index (Phi) is 5.88. The molecular weight excluding hydrogens is 316 g/mol. The Morgan fingerprint density at radius 3 is 2.52 bits per heavy atom. The van der Waals surface area contributed by atoms with Crippen LogP contribution in [0.3, 0.4) is 0 Å². The van der Waals surface area contributed by atoms with Gasteiger partial charge in [0, 0.05) is 29.7 Å². The van der Waals surface area contributed by atoms with Gasteiger partial charge in [0.1, 0.15) is 12.1 Å². The summed E-state index contributed by atoms with van der Waals surface area (Å²) in [5.41, 5.74) is 2.90. The molecule has 0 bridgehead atoms. The van der Waals surface area contributed by atoms with Crippen molar-refractivity contribution in [1.29, 1.82) is 0 Å². The van der Waals surface area contributed by atoms with E-state index in [1.54, 1.807) is 6.33 Å². The molecule has 7 nitrogen and oxygen atoms in total. The first-order chi connectivity index (χ1) is 12.1. The number of hydrogen-bond acceptors (Lipinski definition) is 7. The topological polar surface area (TPSA) is 87.1 Å². The standard InChI is InChI=1S/C18H26N6O/c1-13-9-14(2)22-18(21-13)23-17-11-16(19-12-20-17)10-15-3-5-24(6-4-15)7-8-25/h9,11-12,15,25H,3-8,10H2,1-2H3,(H,19,20,21,22,23). The van der Waals surface area contributed by atoms with Crippen molar-refractivity contribution in [3.63, 3.8) is 0 Å². The number of nitrogens with one attached hydrogen (secondary N) is 1. The quantitative estimate of drug-likeness (QED) is 0.828. The second-order valence-electron chi connectivity index (χ2n) is 6.71. The fourth-order valence-corrected chi connectivity index (χ4v) is 3.33. The lowest BCUT2D eigenvalue weighted by atomic mass is 9.92. The van der Waals surface area contributed by atoms with Crippen molar-refractivity contribution in [1.82, 2.24) is 24.8 Å². The third kappa shape index (κ3) is 5.17. The average molecular weight is 342 g/mol. The maximum Gasteiger partial charge on any atom is 0.228 e. The minimum atomic E-state index is 0.242. The third-order valence-corrected chi connectivity index (χ3v) is 4.57. The van der Waals surface area contributed by atoms with Crippen LogP contribution < -0.4 is 5.32 Å². The number of rotatable bonds is 6. The highest BCUT2D eigenvalue weighted by Crippen LogP contribution is 2.22. The van der Waals surface area contributed by atoms with Crippen LogP contribution in [-0.4, -0.2) is 56.2 Å². The fraction of sp³-hybridized carbons (Fsp3) is 0.556. The van der Waals surface area contributed by atoms with Crippen LogP contribution in [-0.2, 0) is 6.42 Å². The zero-order chi connectivity index (χ0) is 17.6. The van der Waals surface area contributed by atoms with E-state index in [1.165, 1.54) is 0 Å². The van der Waals surface area contributed by atoms with Gasteiger partial charge in [-0.2, -0.15) is 0 Å². The predicted molar refractivity (Wildman–Crippen MR) is 96.8 cm³/mol. The van der Waals surface area contributed by atoms with Crippen LogP contribution in [0.4, 0.5) is 11.8 Å². The predicted octanol–water partition coefficient (Wildman–Crippen LogP) is 1.87. The molecule has 0 spiro atoms. The largest absolute Gasteiger partial charge is 0.395 e. The van der Waals surface area contributed by atoms with E-state index < -0.39 is 0 Å². The number of hydrogen-bond donors (Lipinski definition) is 2. The van der Waals surface area contributed by atoms with Crippen LogP contribution >= 0.6 is 0 Å². The molecule has 0 atom stereocenters. The molecule has 0 saturated carbocycles. The van der Waals surface area contributed by atoms with E-state index in [0.717, 1.165) is 61.8 Å². The van der Waals surface area contributed by atoms with Crippen LogP contribution in [0.25, 0.3) is 0 Å². The Morgan fingerprint density at radius 1 is 1.12 bits per heavy atom. The number of anilines is 2. The summed E-state index contributed by atoms with van der Waals surface area (Å²) < 4.78 is 0. The zero-order valence-electron chi connectivity index (χ0n) is 14.9. The molecule has 0 unspecified atom stereocenters. The van der Waals surface area contributed by atoms with Crippen LogP contribution in [0, 0.1) is 19.8 Å². The van der Waals surface area contributed by atoms with Crippen molar-refractivity contribution < 1.29 is 5.11 Å². The molecule has 7 heteroatoms. The van der Waals surface area contributed by atoms with Gasteiger partial charge in [0.15, 0.2) is 0 Å². The molecule has 0 radical (unpaired) electrons. The average Bonchev–Trinajstić information content (AvgIpc) is 2.56. The van der Waals surface area contributed by atoms with Crippen molar-refractivity contribution in [3.05, 3.63) is 35.5 Å². The summed E-state index contributed by atoms with van der Waals surface area (Å²) >= 11 is 0. The van der Waals surface area contributed by atoms with E-state index in [9.17, 15) is 0 Å². The maximum absolute atomic E-state index is 9.03. The molecule has 134 valence electrons. The molecule has 1 saturated heterocycles. The summed E-state index contributed by atoms with van der Waals surface area (Å²) in [6.07, 6.45) is 4.85. The van der Waals surface area contributed by atoms with Gasteiger partial charge in [0.2, 0.25) is 5.95 Å². The van der Waals surface area contributed by atoms with E-state index >= 15 is 0 Å². The van der Waals surface area contributed by atoms with E-state index in [1.807, 2.05) is 26.0 Å². The molecule has 25 heavy (non-hydrogen) atoms. The molecule has 2 aromatic rings. The maximum atomic E-state index is 9.03. The molecule has 1 aliphatic heterocycles. The molecule has 0 aromatic carbocycles. The SMILES string of the molecule is Cc1cc(C)nc(Nc2cc(CC3CCN(CCO)CC3)ncn2)n1. The molecule has 1 aliphatic rings. The highest BCUT2D eigenvalue weighted by Gasteiger charge is 2.19. The van der Waals surface area contributed by atoms with Gasteiger partial charge in [0.05, 0.1) is 6.61 Å². The summed E-state index contributed by atoms with van der Waals surface area (Å²) in [4.78, 5) is 19.8. The van der Waals surface area contributed by atoms with Gasteiger partial charge in [-0.25, -0.2) is 19.9 Å². The normalized spacial score (nSPS) is 16.1. The summed E-state index contributed by atoms with van der Waals surface area (Å²) in [6, 6.07) is 3.93. The van der Waals surface area contributed by atoms with E-state index in [0.29, 0.717) is 11.9 Å². The van der Waals surface area contributed by atoms with Crippen molar-refractivity contribution in [3.8, 4) is 0 Å². The zero-order valence-corrected chi connectivity index (χ0v) is 14.9. The lowest BCUT2D eigenvalue weighted by Gasteiger charge is -2.31. The first-order valence-corrected chi connectivity index (χ1v) is 8.86. The van der Waals surface area contributed by atoms with Gasteiger partial charge in [0.25, 0.3) is 0 Å². The fourth-order valence-electron chi connectivity index (χ4n) is 3.33. The lowest BCUT2D eigenvalue weighted by molar-refractivity contribution is 0.147. The molecule has 3 rings (SSSR count). The Labute approximate surface area is 148 Å². The number of piperidine rings is 1. The number of nitrogens with zero attached hydrogens (tertiary/aromatic N) is 5. The summed E-state index contributed by atoms with van der Waals surface area (Å²) in [6.45, 7) is 7.04. The first kappa shape index (κ1) is 17.7. The number of aliphatic hydroxyl groups excluding tert-OH is 1. The Bertz CT molecular complexity index is 679. The van der Waals surface area contributed by atoms with E-state index in [2.05, 4.69) is 30.2 Å². The van der Waals surface area contributed by atoms with Crippen molar-refractivity contribution in [2.24, 2.45) is 5.92 Å². The molecule has 1 fully saturated rings. The molecule has 2 aromatic heterocycles. The Hall–Kier alpha value is -2.12. The van der Waals surface area contributed by atoms with Gasteiger partial charge in [-0.1, -0.05) is 0 Å². The van der Waals surface area contributed by atoms with Gasteiger partial charge < -0.3 is 15.3 Å². The highest BCUT2D eigenvalue weighted by molar-refractivity contribution is 5.48. The number of aromatic nitrogens is 4. The summed E-state index contributed by atoms with van der Waals surface area (Å²) in [5.74, 6) is 1.93. The second kappa shape index (κ2) is 8.31. The monoisotopic (exact) mass is 342 g/mol. The van der Waals surface area contributed by atoms with Gasteiger partial charge >= 0.3 is 0 Å². The minimum Gasteiger partial charge on any atom is -0.395 e. The summed E-state index contributed by atoms with van der Waals surface area (Å²) in [5, 5.41) is 12.2. The molecule has 0 aliphatic carbocycles. The Morgan fingerprint density at radius 2 is 1.84 bits per heavy atom. The van der Waals surface area contributed by atoms with Gasteiger partial charge in [-0.3, -0.25) is 0 Å². The third-order valence-electron chi connectivity index (χ3n) is 4.57. The molecule has 2 N–H and O–H groups in total. The first-order valence-electron chi connectivity index (χ1n) is 8.86. The number of β-amino-alcohol motifs (C(OH)–C–C–N with tert-alkyl or cyclic N) is 1. The van der Waals surface area contributed by atoms with Gasteiger partial charge in [-0.05, 0) is 58.2 Å². The van der Waals surface area contributed by atoms with Crippen LogP contribution in [0.5, 0.6) is 0 Å². The van der Waals surface area contributed by atoms with Crippen LogP contribution in [0.2, 0.25) is 0 Å². The number of likely N-dealkylation sites (tertiary alicyclic amines) is 1. The van der Waals surface area contributed by atoms with E-state index in [4.69, 9.17) is 5.11 Å². The number of aliphatic hydroxyl groups is 1. The van der Waals surface area contributed by atoms with Crippen LogP contribution in [0.15, 0.2) is 18.5 Å². The lowest BCUT2D eigenvalue weighted by Crippen LogP contribution is -2.36. The molecular formula is C18H26N6O. The smallest absolute Gasteiger partial charge is 0.228 e. The van der Waals surface area contributed by atoms with E-state index in [-0.39, 0.29) is 6.61 Å². The number of aryl methyl sites for hydroxylation is 2. The second-order valence-corrected chi connectivity index (χ2v) is 6.71. The van der Waals surface area contributed by atoms with Crippen molar-refractivity contribution in [2.75, 3.05) is 31.6 Å². The van der Waals surface area contributed by atoms with Gasteiger partial charge in [-0.15, -0.1) is 0 Å². The van der Waals surface area contributed by atoms with Crippen molar-refractivity contribution in [2.45, 2.75) is 33.1 Å². The Balaban J connectivity index is 1.60. The molecule has 3 heterocycles.